The second kappa shape index (κ2) is 6.41. The first-order chi connectivity index (χ1) is 10.2. The van der Waals surface area contributed by atoms with Gasteiger partial charge in [-0.1, -0.05) is 13.8 Å². The third kappa shape index (κ3) is 3.34. The van der Waals surface area contributed by atoms with Gasteiger partial charge in [-0.3, -0.25) is 0 Å². The van der Waals surface area contributed by atoms with Gasteiger partial charge >= 0.3 is 0 Å². The summed E-state index contributed by atoms with van der Waals surface area (Å²) in [4.78, 5) is 4.56. The number of fused-ring (bicyclic) bond motifs is 1. The Labute approximate surface area is 129 Å². The molecule has 0 aromatic carbocycles. The molecular formula is C17H21N3S. The summed E-state index contributed by atoms with van der Waals surface area (Å²) < 4.78 is 2.25. The average Bonchev–Trinajstić information content (AvgIpc) is 3.09. The van der Waals surface area contributed by atoms with Crippen LogP contribution < -0.4 is 5.32 Å². The minimum atomic E-state index is 0.669. The van der Waals surface area contributed by atoms with E-state index in [1.807, 2.05) is 12.3 Å². The topological polar surface area (TPSA) is 29.9 Å². The van der Waals surface area contributed by atoms with Gasteiger partial charge in [0.1, 0.15) is 5.65 Å². The summed E-state index contributed by atoms with van der Waals surface area (Å²) in [5, 5.41) is 9.10. The largest absolute Gasteiger partial charge is 0.328 e. The predicted octanol–water partition coefficient (Wildman–Crippen LogP) is 3.89. The van der Waals surface area contributed by atoms with Crippen LogP contribution >= 0.6 is 11.3 Å². The summed E-state index contributed by atoms with van der Waals surface area (Å²) in [6.45, 7) is 7.29. The summed E-state index contributed by atoms with van der Waals surface area (Å²) in [6.07, 6.45) is 4.11. The first-order valence-corrected chi connectivity index (χ1v) is 8.33. The van der Waals surface area contributed by atoms with Gasteiger partial charge in [0.2, 0.25) is 0 Å². The molecule has 0 aliphatic heterocycles. The Kier molecular flexibility index (Phi) is 4.36. The Morgan fingerprint density at radius 2 is 2.24 bits per heavy atom. The van der Waals surface area contributed by atoms with Gasteiger partial charge in [-0.05, 0) is 52.5 Å². The lowest BCUT2D eigenvalue weighted by Crippen LogP contribution is -2.18. The Bertz CT molecular complexity index is 698. The second-order valence-electron chi connectivity index (χ2n) is 5.81. The molecule has 0 amide bonds. The Morgan fingerprint density at radius 1 is 1.33 bits per heavy atom. The molecule has 0 aliphatic rings. The molecule has 3 nitrogen and oxygen atoms in total. The van der Waals surface area contributed by atoms with Gasteiger partial charge in [0, 0.05) is 30.9 Å². The fraction of sp³-hybridized carbons (Fsp3) is 0.353. The zero-order valence-electron chi connectivity index (χ0n) is 12.5. The molecule has 3 rings (SSSR count). The summed E-state index contributed by atoms with van der Waals surface area (Å²) in [7, 11) is 0. The summed E-state index contributed by atoms with van der Waals surface area (Å²) in [5.41, 5.74) is 3.74. The van der Waals surface area contributed by atoms with E-state index in [0.29, 0.717) is 5.92 Å². The molecule has 3 heterocycles. The molecule has 0 bridgehead atoms. The van der Waals surface area contributed by atoms with Crippen molar-refractivity contribution >= 4 is 22.4 Å². The molecule has 0 unspecified atom stereocenters. The van der Waals surface area contributed by atoms with Crippen LogP contribution in [0.25, 0.3) is 11.0 Å². The van der Waals surface area contributed by atoms with E-state index in [2.05, 4.69) is 57.8 Å². The molecule has 0 atom stereocenters. The van der Waals surface area contributed by atoms with E-state index < -0.39 is 0 Å². The van der Waals surface area contributed by atoms with Crippen LogP contribution in [0.5, 0.6) is 0 Å². The lowest BCUT2D eigenvalue weighted by molar-refractivity contribution is 0.553. The first-order valence-electron chi connectivity index (χ1n) is 7.38. The van der Waals surface area contributed by atoms with E-state index in [9.17, 15) is 0 Å². The summed E-state index contributed by atoms with van der Waals surface area (Å²) in [6, 6.07) is 6.36. The molecular weight excluding hydrogens is 278 g/mol. The highest BCUT2D eigenvalue weighted by molar-refractivity contribution is 7.07. The van der Waals surface area contributed by atoms with E-state index in [1.54, 1.807) is 11.3 Å². The molecule has 4 heteroatoms. The maximum absolute atomic E-state index is 4.56. The van der Waals surface area contributed by atoms with E-state index >= 15 is 0 Å². The molecule has 1 N–H and O–H groups in total. The predicted molar refractivity (Wildman–Crippen MR) is 89.7 cm³/mol. The number of hydrogen-bond donors (Lipinski definition) is 1. The molecule has 0 aliphatic carbocycles. The second-order valence-corrected chi connectivity index (χ2v) is 6.59. The van der Waals surface area contributed by atoms with Crippen LogP contribution in [0.1, 0.15) is 25.0 Å². The van der Waals surface area contributed by atoms with Crippen LogP contribution in [-0.2, 0) is 13.1 Å². The Morgan fingerprint density at radius 3 is 3.00 bits per heavy atom. The highest BCUT2D eigenvalue weighted by Crippen LogP contribution is 2.21. The van der Waals surface area contributed by atoms with Gasteiger partial charge in [-0.2, -0.15) is 11.3 Å². The van der Waals surface area contributed by atoms with Crippen LogP contribution in [0.15, 0.2) is 41.4 Å². The normalized spacial score (nSPS) is 11.6. The average molecular weight is 299 g/mol. The van der Waals surface area contributed by atoms with Crippen LogP contribution in [0.4, 0.5) is 0 Å². The van der Waals surface area contributed by atoms with Gasteiger partial charge in [-0.15, -0.1) is 0 Å². The first kappa shape index (κ1) is 14.3. The molecule has 0 spiro atoms. The number of thiophene rings is 1. The maximum atomic E-state index is 4.56. The monoisotopic (exact) mass is 299 g/mol. The minimum absolute atomic E-state index is 0.669. The van der Waals surface area contributed by atoms with E-state index in [1.165, 1.54) is 16.5 Å². The quantitative estimate of drug-likeness (QED) is 0.748. The standard InChI is InChI=1S/C17H21N3S/c1-13(2)8-18-9-15-11-20(10-14-5-7-21-12-14)17-16(15)4-3-6-19-17/h3-7,11-13,18H,8-10H2,1-2H3. The molecule has 110 valence electrons. The van der Waals surface area contributed by atoms with Gasteiger partial charge in [-0.25, -0.2) is 4.98 Å². The molecule has 0 saturated carbocycles. The van der Waals surface area contributed by atoms with Crippen LogP contribution in [0.2, 0.25) is 0 Å². The van der Waals surface area contributed by atoms with Gasteiger partial charge < -0.3 is 9.88 Å². The number of aromatic nitrogens is 2. The lowest BCUT2D eigenvalue weighted by atomic mass is 10.2. The maximum Gasteiger partial charge on any atom is 0.140 e. The van der Waals surface area contributed by atoms with Crippen molar-refractivity contribution in [3.63, 3.8) is 0 Å². The molecule has 3 aromatic heterocycles. The van der Waals surface area contributed by atoms with Crippen molar-refractivity contribution < 1.29 is 0 Å². The SMILES string of the molecule is CC(C)CNCc1cn(Cc2ccsc2)c2ncccc12. The Balaban J connectivity index is 1.86. The van der Waals surface area contributed by atoms with Crippen molar-refractivity contribution in [2.24, 2.45) is 5.92 Å². The van der Waals surface area contributed by atoms with Crippen molar-refractivity contribution in [3.05, 3.63) is 52.5 Å². The minimum Gasteiger partial charge on any atom is -0.328 e. The number of nitrogens with one attached hydrogen (secondary N) is 1. The molecule has 0 fully saturated rings. The van der Waals surface area contributed by atoms with E-state index in [4.69, 9.17) is 0 Å². The molecule has 21 heavy (non-hydrogen) atoms. The third-order valence-electron chi connectivity index (χ3n) is 3.52. The van der Waals surface area contributed by atoms with Crippen LogP contribution in [-0.4, -0.2) is 16.1 Å². The highest BCUT2D eigenvalue weighted by Gasteiger charge is 2.09. The molecule has 0 radical (unpaired) electrons. The molecule has 3 aromatic rings. The van der Waals surface area contributed by atoms with Crippen molar-refractivity contribution in [3.8, 4) is 0 Å². The van der Waals surface area contributed by atoms with Gasteiger partial charge in [0.15, 0.2) is 0 Å². The summed E-state index contributed by atoms with van der Waals surface area (Å²) >= 11 is 1.74. The van der Waals surface area contributed by atoms with Gasteiger partial charge in [0.05, 0.1) is 0 Å². The van der Waals surface area contributed by atoms with Crippen LogP contribution in [0, 0.1) is 5.92 Å². The zero-order chi connectivity index (χ0) is 14.7. The Hall–Kier alpha value is -1.65. The fourth-order valence-electron chi connectivity index (χ4n) is 2.53. The third-order valence-corrected chi connectivity index (χ3v) is 4.25. The lowest BCUT2D eigenvalue weighted by Gasteiger charge is -2.06. The molecule has 0 saturated heterocycles. The number of pyridine rings is 1. The number of hydrogen-bond acceptors (Lipinski definition) is 3. The van der Waals surface area contributed by atoms with E-state index in [0.717, 1.165) is 25.3 Å². The number of rotatable bonds is 6. The van der Waals surface area contributed by atoms with E-state index in [-0.39, 0.29) is 0 Å². The van der Waals surface area contributed by atoms with Crippen molar-refractivity contribution in [1.82, 2.24) is 14.9 Å². The van der Waals surface area contributed by atoms with Crippen molar-refractivity contribution in [2.75, 3.05) is 6.54 Å². The highest BCUT2D eigenvalue weighted by atomic mass is 32.1. The van der Waals surface area contributed by atoms with Gasteiger partial charge in [0.25, 0.3) is 0 Å². The van der Waals surface area contributed by atoms with Crippen molar-refractivity contribution in [1.29, 1.82) is 0 Å². The zero-order valence-corrected chi connectivity index (χ0v) is 13.4. The summed E-state index contributed by atoms with van der Waals surface area (Å²) in [5.74, 6) is 0.669. The number of nitrogens with zero attached hydrogens (tertiary/aromatic N) is 2. The van der Waals surface area contributed by atoms with Crippen LogP contribution in [0.3, 0.4) is 0 Å². The smallest absolute Gasteiger partial charge is 0.140 e. The fourth-order valence-corrected chi connectivity index (χ4v) is 3.19. The van der Waals surface area contributed by atoms with Crippen molar-refractivity contribution in [2.45, 2.75) is 26.9 Å².